The van der Waals surface area contributed by atoms with Crippen molar-refractivity contribution in [1.82, 2.24) is 14.9 Å². The number of hydrogen-bond acceptors (Lipinski definition) is 6. The molecule has 0 bridgehead atoms. The van der Waals surface area contributed by atoms with Crippen molar-refractivity contribution in [3.63, 3.8) is 0 Å². The number of rotatable bonds is 7. The van der Waals surface area contributed by atoms with E-state index in [0.717, 1.165) is 50.4 Å². The van der Waals surface area contributed by atoms with Crippen LogP contribution < -0.4 is 16.0 Å². The average Bonchev–Trinajstić information content (AvgIpc) is 2.97. The maximum atomic E-state index is 5.83. The number of likely N-dealkylation sites (tertiary alicyclic amines) is 1. The summed E-state index contributed by atoms with van der Waals surface area (Å²) in [6.07, 6.45) is 17.6. The summed E-state index contributed by atoms with van der Waals surface area (Å²) in [4.78, 5) is 14.7. The van der Waals surface area contributed by atoms with Crippen LogP contribution >= 0.6 is 0 Å². The molecule has 0 radical (unpaired) electrons. The normalized spacial score (nSPS) is 27.1. The second-order valence-electron chi connectivity index (χ2n) is 9.29. The van der Waals surface area contributed by atoms with Crippen LogP contribution in [0.3, 0.4) is 0 Å². The van der Waals surface area contributed by atoms with Crippen molar-refractivity contribution >= 4 is 11.8 Å². The summed E-state index contributed by atoms with van der Waals surface area (Å²) in [5.41, 5.74) is 5.83. The van der Waals surface area contributed by atoms with Gasteiger partial charge in [0.05, 0.1) is 0 Å². The topological polar surface area (TPSA) is 70.3 Å². The van der Waals surface area contributed by atoms with Gasteiger partial charge >= 0.3 is 0 Å². The van der Waals surface area contributed by atoms with E-state index >= 15 is 0 Å². The lowest BCUT2D eigenvalue weighted by Crippen LogP contribution is -2.41. The maximum Gasteiger partial charge on any atom is 0.224 e. The number of nitrogens with zero attached hydrogens (tertiary/aromatic N) is 4. The lowest BCUT2D eigenvalue weighted by Gasteiger charge is -2.35. The van der Waals surface area contributed by atoms with Crippen LogP contribution in [0.15, 0.2) is 12.3 Å². The molecule has 2 atom stereocenters. The van der Waals surface area contributed by atoms with Crippen LogP contribution in [0.5, 0.6) is 0 Å². The Hall–Kier alpha value is -1.40. The Kier molecular flexibility index (Phi) is 7.61. The van der Waals surface area contributed by atoms with E-state index in [9.17, 15) is 0 Å². The molecule has 6 nitrogen and oxygen atoms in total. The minimum atomic E-state index is 0.444. The fourth-order valence-electron chi connectivity index (χ4n) is 5.62. The first-order valence-electron chi connectivity index (χ1n) is 12.1. The monoisotopic (exact) mass is 400 g/mol. The zero-order valence-electron chi connectivity index (χ0n) is 18.1. The summed E-state index contributed by atoms with van der Waals surface area (Å²) in [7, 11) is 0. The summed E-state index contributed by atoms with van der Waals surface area (Å²) < 4.78 is 0. The van der Waals surface area contributed by atoms with E-state index in [4.69, 9.17) is 10.7 Å². The van der Waals surface area contributed by atoms with Gasteiger partial charge in [-0.25, -0.2) is 4.98 Å². The van der Waals surface area contributed by atoms with Crippen molar-refractivity contribution in [2.75, 3.05) is 36.4 Å². The average molecular weight is 401 g/mol. The molecule has 2 saturated heterocycles. The van der Waals surface area contributed by atoms with Crippen molar-refractivity contribution in [1.29, 1.82) is 0 Å². The second-order valence-corrected chi connectivity index (χ2v) is 9.29. The van der Waals surface area contributed by atoms with E-state index in [-0.39, 0.29) is 0 Å². The van der Waals surface area contributed by atoms with Gasteiger partial charge in [-0.3, -0.25) is 4.90 Å². The lowest BCUT2D eigenvalue weighted by atomic mass is 9.93. The molecule has 0 unspecified atom stereocenters. The van der Waals surface area contributed by atoms with Crippen LogP contribution in [-0.2, 0) is 0 Å². The van der Waals surface area contributed by atoms with E-state index in [1.807, 2.05) is 6.20 Å². The molecule has 3 fully saturated rings. The fraction of sp³-hybridized carbons (Fsp3) is 0.826. The minimum absolute atomic E-state index is 0.444. The van der Waals surface area contributed by atoms with Crippen molar-refractivity contribution in [3.8, 4) is 0 Å². The molecule has 0 aromatic carbocycles. The molecule has 1 aliphatic carbocycles. The van der Waals surface area contributed by atoms with Crippen LogP contribution in [0, 0.1) is 0 Å². The van der Waals surface area contributed by atoms with Crippen LogP contribution in [0.4, 0.5) is 11.8 Å². The second kappa shape index (κ2) is 10.6. The number of anilines is 2. The Bertz CT molecular complexity index is 609. The summed E-state index contributed by atoms with van der Waals surface area (Å²) in [6.45, 7) is 4.16. The zero-order valence-corrected chi connectivity index (χ0v) is 18.1. The largest absolute Gasteiger partial charge is 0.356 e. The lowest BCUT2D eigenvalue weighted by molar-refractivity contribution is 0.135. The van der Waals surface area contributed by atoms with Crippen molar-refractivity contribution in [2.45, 2.75) is 95.2 Å². The summed E-state index contributed by atoms with van der Waals surface area (Å²) >= 11 is 0. The molecule has 0 amide bonds. The first kappa shape index (κ1) is 20.9. The molecule has 3 N–H and O–H groups in total. The highest BCUT2D eigenvalue weighted by atomic mass is 15.3. The highest BCUT2D eigenvalue weighted by molar-refractivity contribution is 5.43. The van der Waals surface area contributed by atoms with E-state index in [1.165, 1.54) is 70.6 Å². The molecular weight excluding hydrogens is 360 g/mol. The Morgan fingerprint density at radius 1 is 1.03 bits per heavy atom. The first-order chi connectivity index (χ1) is 14.3. The van der Waals surface area contributed by atoms with Gasteiger partial charge in [-0.2, -0.15) is 4.98 Å². The zero-order chi connectivity index (χ0) is 19.9. The van der Waals surface area contributed by atoms with Gasteiger partial charge in [0.15, 0.2) is 0 Å². The highest BCUT2D eigenvalue weighted by Crippen LogP contribution is 2.32. The third-order valence-corrected chi connectivity index (χ3v) is 7.15. The van der Waals surface area contributed by atoms with E-state index in [0.29, 0.717) is 12.1 Å². The van der Waals surface area contributed by atoms with Crippen molar-refractivity contribution in [3.05, 3.63) is 12.3 Å². The summed E-state index contributed by atoms with van der Waals surface area (Å²) in [5.74, 6) is 1.89. The minimum Gasteiger partial charge on any atom is -0.356 e. The van der Waals surface area contributed by atoms with Crippen LogP contribution in [0.2, 0.25) is 0 Å². The third-order valence-electron chi connectivity index (χ3n) is 7.15. The Morgan fingerprint density at radius 3 is 2.55 bits per heavy atom. The summed E-state index contributed by atoms with van der Waals surface area (Å²) in [6, 6.07) is 3.94. The smallest absolute Gasteiger partial charge is 0.224 e. The third kappa shape index (κ3) is 5.60. The molecule has 29 heavy (non-hydrogen) atoms. The van der Waals surface area contributed by atoms with Gasteiger partial charge in [-0.1, -0.05) is 32.1 Å². The number of nitrogens with two attached hydrogens (primary N) is 1. The van der Waals surface area contributed by atoms with Crippen LogP contribution in [-0.4, -0.2) is 59.2 Å². The predicted molar refractivity (Wildman–Crippen MR) is 120 cm³/mol. The molecule has 3 aliphatic rings. The van der Waals surface area contributed by atoms with Gasteiger partial charge < -0.3 is 16.0 Å². The van der Waals surface area contributed by atoms with Gasteiger partial charge in [0.25, 0.3) is 0 Å². The van der Waals surface area contributed by atoms with E-state index in [1.54, 1.807) is 0 Å². The van der Waals surface area contributed by atoms with Crippen molar-refractivity contribution in [2.24, 2.45) is 5.73 Å². The standard InChI is InChI=1S/C23H40N6/c24-13-8-11-21-17-19(18-29(21)20-9-4-3-5-10-20)26-23-25-14-12-22(27-23)28-15-6-1-2-7-16-28/h12,14,19-21H,1-11,13,15-18,24H2,(H,25,26,27)/t19-,21-/m0/s1. The quantitative estimate of drug-likeness (QED) is 0.726. The molecule has 2 aliphatic heterocycles. The maximum absolute atomic E-state index is 5.83. The Morgan fingerprint density at radius 2 is 1.79 bits per heavy atom. The fourth-order valence-corrected chi connectivity index (χ4v) is 5.62. The molecule has 4 rings (SSSR count). The van der Waals surface area contributed by atoms with Gasteiger partial charge in [0, 0.05) is 44.0 Å². The van der Waals surface area contributed by atoms with Gasteiger partial charge in [0.1, 0.15) is 5.82 Å². The number of nitrogens with one attached hydrogen (secondary N) is 1. The van der Waals surface area contributed by atoms with Crippen LogP contribution in [0.25, 0.3) is 0 Å². The summed E-state index contributed by atoms with van der Waals surface area (Å²) in [5, 5.41) is 3.69. The first-order valence-corrected chi connectivity index (χ1v) is 12.1. The molecule has 1 aromatic rings. The van der Waals surface area contributed by atoms with Gasteiger partial charge in [-0.15, -0.1) is 0 Å². The molecule has 1 saturated carbocycles. The van der Waals surface area contributed by atoms with Crippen LogP contribution in [0.1, 0.15) is 77.0 Å². The molecule has 1 aromatic heterocycles. The predicted octanol–water partition coefficient (Wildman–Crippen LogP) is 3.78. The molecule has 0 spiro atoms. The molecule has 3 heterocycles. The van der Waals surface area contributed by atoms with Crippen molar-refractivity contribution < 1.29 is 0 Å². The molecule has 162 valence electrons. The van der Waals surface area contributed by atoms with Gasteiger partial charge in [-0.05, 0) is 57.6 Å². The van der Waals surface area contributed by atoms with E-state index in [2.05, 4.69) is 26.2 Å². The highest BCUT2D eigenvalue weighted by Gasteiger charge is 2.36. The number of aromatic nitrogens is 2. The van der Waals surface area contributed by atoms with Gasteiger partial charge in [0.2, 0.25) is 5.95 Å². The Balaban J connectivity index is 1.39. The van der Waals surface area contributed by atoms with E-state index < -0.39 is 0 Å². The Labute approximate surface area is 176 Å². The SMILES string of the molecule is NCCC[C@H]1C[C@H](Nc2nccc(N3CCCCCC3)n2)CN1C1CCCCC1. The molecule has 6 heteroatoms. The number of hydrogen-bond donors (Lipinski definition) is 2. The molecular formula is C23H40N6.